The predicted octanol–water partition coefficient (Wildman–Crippen LogP) is 3.69. The number of hydrogen-bond donors (Lipinski definition) is 1. The molecular weight excluding hydrogens is 344 g/mol. The van der Waals surface area contributed by atoms with Gasteiger partial charge in [-0.1, -0.05) is 28.1 Å². The molecule has 0 amide bonds. The Hall–Kier alpha value is -1.40. The van der Waals surface area contributed by atoms with Crippen molar-refractivity contribution >= 4 is 33.5 Å². The number of halogens is 2. The number of nitrogens with zero attached hydrogens (tertiary/aromatic N) is 3. The summed E-state index contributed by atoms with van der Waals surface area (Å²) >= 11 is 9.28. The van der Waals surface area contributed by atoms with Gasteiger partial charge in [0.2, 0.25) is 11.2 Å². The third kappa shape index (κ3) is 4.61. The molecule has 1 heterocycles. The van der Waals surface area contributed by atoms with E-state index in [0.29, 0.717) is 12.5 Å². The van der Waals surface area contributed by atoms with Gasteiger partial charge in [0.05, 0.1) is 6.10 Å². The standard InChI is InChI=1S/C13H14BrClN4O/c1-8(2)20-13-18-11(15)17-12(19-13)16-7-9-4-3-5-10(14)6-9/h3-6,8H,7H2,1-2H3,(H,16,17,18,19). The fraction of sp³-hybridized carbons (Fsp3) is 0.308. The number of aromatic nitrogens is 3. The first kappa shape index (κ1) is 15.0. The number of benzene rings is 1. The van der Waals surface area contributed by atoms with Crippen molar-refractivity contribution in [3.05, 3.63) is 39.6 Å². The Morgan fingerprint density at radius 2 is 2.10 bits per heavy atom. The summed E-state index contributed by atoms with van der Waals surface area (Å²) in [5.41, 5.74) is 1.10. The summed E-state index contributed by atoms with van der Waals surface area (Å²) < 4.78 is 6.44. The summed E-state index contributed by atoms with van der Waals surface area (Å²) in [7, 11) is 0. The smallest absolute Gasteiger partial charge is 0.322 e. The van der Waals surface area contributed by atoms with E-state index in [4.69, 9.17) is 16.3 Å². The van der Waals surface area contributed by atoms with Gasteiger partial charge in [-0.25, -0.2) is 0 Å². The van der Waals surface area contributed by atoms with Crippen molar-refractivity contribution in [1.29, 1.82) is 0 Å². The first-order valence-electron chi connectivity index (χ1n) is 6.09. The van der Waals surface area contributed by atoms with Crippen molar-refractivity contribution in [2.24, 2.45) is 0 Å². The monoisotopic (exact) mass is 356 g/mol. The molecule has 0 spiro atoms. The van der Waals surface area contributed by atoms with E-state index in [1.165, 1.54) is 0 Å². The minimum Gasteiger partial charge on any atom is -0.461 e. The van der Waals surface area contributed by atoms with Gasteiger partial charge in [-0.15, -0.1) is 0 Å². The van der Waals surface area contributed by atoms with Crippen molar-refractivity contribution in [3.8, 4) is 6.01 Å². The molecule has 0 atom stereocenters. The van der Waals surface area contributed by atoms with Gasteiger partial charge in [-0.05, 0) is 43.1 Å². The molecule has 20 heavy (non-hydrogen) atoms. The van der Waals surface area contributed by atoms with Gasteiger partial charge in [-0.3, -0.25) is 0 Å². The fourth-order valence-corrected chi connectivity index (χ4v) is 2.10. The van der Waals surface area contributed by atoms with Crippen molar-refractivity contribution < 1.29 is 4.74 Å². The van der Waals surface area contributed by atoms with E-state index in [2.05, 4.69) is 36.2 Å². The van der Waals surface area contributed by atoms with Crippen LogP contribution in [0.2, 0.25) is 5.28 Å². The molecule has 5 nitrogen and oxygen atoms in total. The van der Waals surface area contributed by atoms with Crippen LogP contribution in [0.5, 0.6) is 6.01 Å². The number of rotatable bonds is 5. The molecule has 0 fully saturated rings. The van der Waals surface area contributed by atoms with E-state index < -0.39 is 0 Å². The molecular formula is C13H14BrClN4O. The maximum atomic E-state index is 5.85. The predicted molar refractivity (Wildman–Crippen MR) is 82.1 cm³/mol. The highest BCUT2D eigenvalue weighted by molar-refractivity contribution is 9.10. The van der Waals surface area contributed by atoms with Crippen LogP contribution in [0.25, 0.3) is 0 Å². The Morgan fingerprint density at radius 1 is 1.30 bits per heavy atom. The molecule has 2 aromatic rings. The maximum absolute atomic E-state index is 5.85. The fourth-order valence-electron chi connectivity index (χ4n) is 1.50. The van der Waals surface area contributed by atoms with Crippen LogP contribution in [0, 0.1) is 0 Å². The lowest BCUT2D eigenvalue weighted by atomic mass is 10.2. The summed E-state index contributed by atoms with van der Waals surface area (Å²) in [6, 6.07) is 8.18. The molecule has 0 aliphatic carbocycles. The molecule has 0 bridgehead atoms. The third-order valence-corrected chi connectivity index (χ3v) is 2.93. The molecule has 0 radical (unpaired) electrons. The lowest BCUT2D eigenvalue weighted by molar-refractivity contribution is 0.222. The highest BCUT2D eigenvalue weighted by Crippen LogP contribution is 2.15. The van der Waals surface area contributed by atoms with E-state index in [1.807, 2.05) is 38.1 Å². The highest BCUT2D eigenvalue weighted by Gasteiger charge is 2.07. The minimum absolute atomic E-state index is 0.0219. The van der Waals surface area contributed by atoms with Crippen LogP contribution in [0.4, 0.5) is 5.95 Å². The van der Waals surface area contributed by atoms with E-state index in [0.717, 1.165) is 10.0 Å². The molecule has 1 aromatic carbocycles. The van der Waals surface area contributed by atoms with Crippen LogP contribution in [-0.2, 0) is 6.54 Å². The van der Waals surface area contributed by atoms with E-state index >= 15 is 0 Å². The molecule has 0 saturated carbocycles. The lowest BCUT2D eigenvalue weighted by Crippen LogP contribution is -2.11. The number of hydrogen-bond acceptors (Lipinski definition) is 5. The molecule has 106 valence electrons. The number of anilines is 1. The van der Waals surface area contributed by atoms with Crippen LogP contribution < -0.4 is 10.1 Å². The molecule has 0 aliphatic rings. The molecule has 1 aromatic heterocycles. The van der Waals surface area contributed by atoms with Crippen molar-refractivity contribution in [1.82, 2.24) is 15.0 Å². The molecule has 0 unspecified atom stereocenters. The zero-order valence-electron chi connectivity index (χ0n) is 11.1. The summed E-state index contributed by atoms with van der Waals surface area (Å²) in [5, 5.41) is 3.20. The third-order valence-electron chi connectivity index (χ3n) is 2.27. The maximum Gasteiger partial charge on any atom is 0.322 e. The second-order valence-electron chi connectivity index (χ2n) is 4.36. The second kappa shape index (κ2) is 6.85. The van der Waals surface area contributed by atoms with E-state index in [1.54, 1.807) is 0 Å². The van der Waals surface area contributed by atoms with Gasteiger partial charge in [0.15, 0.2) is 0 Å². The zero-order chi connectivity index (χ0) is 14.5. The van der Waals surface area contributed by atoms with Crippen LogP contribution >= 0.6 is 27.5 Å². The van der Waals surface area contributed by atoms with Crippen LogP contribution in [0.3, 0.4) is 0 Å². The summed E-state index contributed by atoms with van der Waals surface area (Å²) in [5.74, 6) is 0.389. The second-order valence-corrected chi connectivity index (χ2v) is 5.61. The van der Waals surface area contributed by atoms with Gasteiger partial charge in [0.25, 0.3) is 0 Å². The topological polar surface area (TPSA) is 59.9 Å². The Balaban J connectivity index is 2.07. The Bertz CT molecular complexity index is 594. The molecule has 0 aliphatic heterocycles. The van der Waals surface area contributed by atoms with Gasteiger partial charge in [0, 0.05) is 11.0 Å². The first-order valence-corrected chi connectivity index (χ1v) is 7.26. The summed E-state index contributed by atoms with van der Waals surface area (Å²) in [6.45, 7) is 4.37. The lowest BCUT2D eigenvalue weighted by Gasteiger charge is -2.10. The molecule has 7 heteroatoms. The molecule has 0 saturated heterocycles. The van der Waals surface area contributed by atoms with Gasteiger partial charge < -0.3 is 10.1 Å². The van der Waals surface area contributed by atoms with Crippen molar-refractivity contribution in [2.45, 2.75) is 26.5 Å². The first-order chi connectivity index (χ1) is 9.52. The van der Waals surface area contributed by atoms with Crippen LogP contribution in [-0.4, -0.2) is 21.1 Å². The Morgan fingerprint density at radius 3 is 2.80 bits per heavy atom. The molecule has 2 rings (SSSR count). The normalized spacial score (nSPS) is 10.7. The summed E-state index contributed by atoms with van der Waals surface area (Å²) in [4.78, 5) is 12.1. The van der Waals surface area contributed by atoms with Crippen molar-refractivity contribution in [3.63, 3.8) is 0 Å². The Labute approximate surface area is 130 Å². The van der Waals surface area contributed by atoms with Crippen molar-refractivity contribution in [2.75, 3.05) is 5.32 Å². The minimum atomic E-state index is -0.0219. The average molecular weight is 358 g/mol. The summed E-state index contributed by atoms with van der Waals surface area (Å²) in [6.07, 6.45) is -0.0219. The highest BCUT2D eigenvalue weighted by atomic mass is 79.9. The zero-order valence-corrected chi connectivity index (χ0v) is 13.4. The largest absolute Gasteiger partial charge is 0.461 e. The number of ether oxygens (including phenoxy) is 1. The quantitative estimate of drug-likeness (QED) is 0.884. The molecule has 1 N–H and O–H groups in total. The van der Waals surface area contributed by atoms with Crippen LogP contribution in [0.15, 0.2) is 28.7 Å². The number of nitrogens with one attached hydrogen (secondary N) is 1. The van der Waals surface area contributed by atoms with Crippen LogP contribution in [0.1, 0.15) is 19.4 Å². The SMILES string of the molecule is CC(C)Oc1nc(Cl)nc(NCc2cccc(Br)c2)n1. The van der Waals surface area contributed by atoms with Gasteiger partial charge in [0.1, 0.15) is 0 Å². The van der Waals surface area contributed by atoms with Gasteiger partial charge >= 0.3 is 6.01 Å². The van der Waals surface area contributed by atoms with Gasteiger partial charge in [-0.2, -0.15) is 15.0 Å². The average Bonchev–Trinajstić information content (AvgIpc) is 2.35. The Kier molecular flexibility index (Phi) is 5.14. The van der Waals surface area contributed by atoms with E-state index in [-0.39, 0.29) is 17.4 Å². The van der Waals surface area contributed by atoms with E-state index in [9.17, 15) is 0 Å².